The summed E-state index contributed by atoms with van der Waals surface area (Å²) in [6, 6.07) is 12.8. The molecular weight excluding hydrogens is 266 g/mol. The van der Waals surface area contributed by atoms with Gasteiger partial charge in [-0.25, -0.2) is 4.68 Å². The van der Waals surface area contributed by atoms with Crippen LogP contribution in [0.1, 0.15) is 26.0 Å². The quantitative estimate of drug-likeness (QED) is 0.754. The first-order valence-electron chi connectivity index (χ1n) is 7.20. The van der Waals surface area contributed by atoms with Crippen molar-refractivity contribution in [1.82, 2.24) is 15.1 Å². The summed E-state index contributed by atoms with van der Waals surface area (Å²) < 4.78 is 1.93. The molecule has 1 aromatic carbocycles. The zero-order chi connectivity index (χ0) is 14.2. The Bertz CT molecular complexity index is 495. The maximum Gasteiger partial charge on any atom is 0.0766 e. The van der Waals surface area contributed by atoms with Gasteiger partial charge in [0.2, 0.25) is 0 Å². The van der Waals surface area contributed by atoms with Crippen LogP contribution in [-0.4, -0.2) is 27.3 Å². The fraction of sp³-hybridized carbons (Fsp3) is 0.438. The first-order valence-corrected chi connectivity index (χ1v) is 8.36. The minimum absolute atomic E-state index is 0.538. The summed E-state index contributed by atoms with van der Waals surface area (Å²) in [4.78, 5) is 0. The number of hydrogen-bond donors (Lipinski definition) is 1. The molecule has 0 amide bonds. The number of rotatable bonds is 8. The van der Waals surface area contributed by atoms with Crippen LogP contribution in [0, 0.1) is 0 Å². The van der Waals surface area contributed by atoms with Crippen LogP contribution in [0.3, 0.4) is 0 Å². The zero-order valence-electron chi connectivity index (χ0n) is 12.2. The molecule has 0 saturated carbocycles. The largest absolute Gasteiger partial charge is 0.309 e. The van der Waals surface area contributed by atoms with Crippen LogP contribution in [0.4, 0.5) is 0 Å². The first-order chi connectivity index (χ1) is 9.79. The van der Waals surface area contributed by atoms with Crippen molar-refractivity contribution in [1.29, 1.82) is 0 Å². The van der Waals surface area contributed by atoms with Crippen LogP contribution in [0.15, 0.2) is 42.6 Å². The van der Waals surface area contributed by atoms with E-state index in [9.17, 15) is 0 Å². The Kier molecular flexibility index (Phi) is 6.15. The summed E-state index contributed by atoms with van der Waals surface area (Å²) in [5.41, 5.74) is 2.19. The van der Waals surface area contributed by atoms with Gasteiger partial charge in [-0.05, 0) is 43.0 Å². The average molecular weight is 289 g/mol. The fourth-order valence-electron chi connectivity index (χ4n) is 1.97. The molecule has 0 aliphatic carbocycles. The Hall–Kier alpha value is -1.26. The predicted molar refractivity (Wildman–Crippen MR) is 87.5 cm³/mol. The van der Waals surface area contributed by atoms with Gasteiger partial charge in [-0.2, -0.15) is 16.9 Å². The van der Waals surface area contributed by atoms with Gasteiger partial charge < -0.3 is 5.32 Å². The van der Waals surface area contributed by atoms with Gasteiger partial charge in [0.15, 0.2) is 0 Å². The Morgan fingerprint density at radius 1 is 1.25 bits per heavy atom. The second kappa shape index (κ2) is 8.12. The molecule has 108 valence electrons. The Balaban J connectivity index is 1.81. The molecule has 0 saturated heterocycles. The Morgan fingerprint density at radius 3 is 2.80 bits per heavy atom. The maximum absolute atomic E-state index is 4.60. The molecule has 0 bridgehead atoms. The summed E-state index contributed by atoms with van der Waals surface area (Å²) in [5.74, 6) is 2.43. The number of thioether (sulfide) groups is 1. The van der Waals surface area contributed by atoms with Gasteiger partial charge in [0.25, 0.3) is 0 Å². The van der Waals surface area contributed by atoms with Gasteiger partial charge in [-0.15, -0.1) is 0 Å². The highest BCUT2D eigenvalue weighted by Gasteiger charge is 2.04. The van der Waals surface area contributed by atoms with E-state index in [-0.39, 0.29) is 0 Å². The number of hydrogen-bond acceptors (Lipinski definition) is 3. The summed E-state index contributed by atoms with van der Waals surface area (Å²) in [7, 11) is 0. The summed E-state index contributed by atoms with van der Waals surface area (Å²) in [6.45, 7) is 5.28. The third-order valence-electron chi connectivity index (χ3n) is 3.20. The van der Waals surface area contributed by atoms with Gasteiger partial charge >= 0.3 is 0 Å². The van der Waals surface area contributed by atoms with Crippen molar-refractivity contribution in [3.8, 4) is 5.69 Å². The maximum atomic E-state index is 4.60. The molecule has 0 spiro atoms. The van der Waals surface area contributed by atoms with E-state index >= 15 is 0 Å². The van der Waals surface area contributed by atoms with Crippen LogP contribution >= 0.6 is 11.8 Å². The van der Waals surface area contributed by atoms with Gasteiger partial charge in [-0.1, -0.05) is 25.1 Å². The molecule has 1 aromatic heterocycles. The number of nitrogens with zero attached hydrogens (tertiary/aromatic N) is 2. The van der Waals surface area contributed by atoms with Crippen molar-refractivity contribution in [2.75, 3.05) is 11.5 Å². The molecule has 0 fully saturated rings. The summed E-state index contributed by atoms with van der Waals surface area (Å²) >= 11 is 2.00. The molecule has 1 N–H and O–H groups in total. The van der Waals surface area contributed by atoms with E-state index in [1.54, 1.807) is 0 Å². The molecule has 4 heteroatoms. The third kappa shape index (κ3) is 4.69. The van der Waals surface area contributed by atoms with Gasteiger partial charge in [-0.3, -0.25) is 0 Å². The van der Waals surface area contributed by atoms with Gasteiger partial charge in [0.05, 0.1) is 11.4 Å². The zero-order valence-corrected chi connectivity index (χ0v) is 13.1. The Labute approximate surface area is 125 Å². The molecule has 20 heavy (non-hydrogen) atoms. The second-order valence-corrected chi connectivity index (χ2v) is 6.25. The van der Waals surface area contributed by atoms with Crippen molar-refractivity contribution in [3.05, 3.63) is 48.3 Å². The standard InChI is InChI=1S/C16H23N3S/c1-3-20-12-10-14(2)17-13-15-9-11-19(18-15)16-7-5-4-6-8-16/h4-9,11,14,17H,3,10,12-13H2,1-2H3. The lowest BCUT2D eigenvalue weighted by atomic mass is 10.2. The molecule has 1 heterocycles. The molecule has 2 rings (SSSR count). The van der Waals surface area contributed by atoms with E-state index in [0.29, 0.717) is 6.04 Å². The highest BCUT2D eigenvalue weighted by molar-refractivity contribution is 7.99. The number of para-hydroxylation sites is 1. The van der Waals surface area contributed by atoms with Crippen molar-refractivity contribution >= 4 is 11.8 Å². The van der Waals surface area contributed by atoms with Crippen LogP contribution in [-0.2, 0) is 6.54 Å². The number of aromatic nitrogens is 2. The lowest BCUT2D eigenvalue weighted by molar-refractivity contribution is 0.530. The van der Waals surface area contributed by atoms with E-state index in [4.69, 9.17) is 0 Å². The minimum Gasteiger partial charge on any atom is -0.309 e. The molecule has 2 aromatic rings. The molecule has 3 nitrogen and oxygen atoms in total. The van der Waals surface area contributed by atoms with E-state index in [1.807, 2.05) is 40.8 Å². The molecule has 1 unspecified atom stereocenters. The lowest BCUT2D eigenvalue weighted by Crippen LogP contribution is -2.26. The molecule has 0 aliphatic heterocycles. The Morgan fingerprint density at radius 2 is 2.05 bits per heavy atom. The highest BCUT2D eigenvalue weighted by atomic mass is 32.2. The topological polar surface area (TPSA) is 29.9 Å². The van der Waals surface area contributed by atoms with Crippen LogP contribution in [0.25, 0.3) is 5.69 Å². The van der Waals surface area contributed by atoms with Crippen molar-refractivity contribution in [2.45, 2.75) is 32.9 Å². The highest BCUT2D eigenvalue weighted by Crippen LogP contribution is 2.08. The SMILES string of the molecule is CCSCCC(C)NCc1ccn(-c2ccccc2)n1. The second-order valence-electron chi connectivity index (χ2n) is 4.85. The molecule has 0 aliphatic rings. The lowest BCUT2D eigenvalue weighted by Gasteiger charge is -2.12. The fourth-order valence-corrected chi connectivity index (χ4v) is 2.77. The van der Waals surface area contributed by atoms with Gasteiger partial charge in [0, 0.05) is 18.8 Å². The van der Waals surface area contributed by atoms with E-state index in [0.717, 1.165) is 17.9 Å². The third-order valence-corrected chi connectivity index (χ3v) is 4.13. The van der Waals surface area contributed by atoms with E-state index in [1.165, 1.54) is 17.9 Å². The van der Waals surface area contributed by atoms with Gasteiger partial charge in [0.1, 0.15) is 0 Å². The molecule has 1 atom stereocenters. The summed E-state index contributed by atoms with van der Waals surface area (Å²) in [5, 5.41) is 8.13. The average Bonchev–Trinajstić information content (AvgIpc) is 2.95. The minimum atomic E-state index is 0.538. The number of nitrogens with one attached hydrogen (secondary N) is 1. The smallest absolute Gasteiger partial charge is 0.0766 e. The van der Waals surface area contributed by atoms with Crippen LogP contribution < -0.4 is 5.32 Å². The van der Waals surface area contributed by atoms with Crippen LogP contribution in [0.5, 0.6) is 0 Å². The van der Waals surface area contributed by atoms with Crippen molar-refractivity contribution in [3.63, 3.8) is 0 Å². The van der Waals surface area contributed by atoms with Crippen LogP contribution in [0.2, 0.25) is 0 Å². The molecular formula is C16H23N3S. The number of benzene rings is 1. The summed E-state index contributed by atoms with van der Waals surface area (Å²) in [6.07, 6.45) is 3.22. The van der Waals surface area contributed by atoms with E-state index < -0.39 is 0 Å². The predicted octanol–water partition coefficient (Wildman–Crippen LogP) is 3.49. The van der Waals surface area contributed by atoms with Crippen molar-refractivity contribution < 1.29 is 0 Å². The van der Waals surface area contributed by atoms with Crippen molar-refractivity contribution in [2.24, 2.45) is 0 Å². The monoisotopic (exact) mass is 289 g/mol. The van der Waals surface area contributed by atoms with E-state index in [2.05, 4.69) is 42.5 Å². The normalized spacial score (nSPS) is 12.5. The molecule has 0 radical (unpaired) electrons. The first kappa shape index (κ1) is 15.1.